The van der Waals surface area contributed by atoms with Gasteiger partial charge in [0, 0.05) is 26.2 Å². The van der Waals surface area contributed by atoms with E-state index in [4.69, 9.17) is 4.74 Å². The SMILES string of the molecule is COc1ccc2cc(S(=O)(=O)N3CCN(S(=O)(=O)c4ccc(C)cc4)CC3)ccc2c1. The lowest BCUT2D eigenvalue weighted by molar-refractivity contribution is 0.273. The molecule has 0 aliphatic carbocycles. The summed E-state index contributed by atoms with van der Waals surface area (Å²) in [6.45, 7) is 2.33. The van der Waals surface area contributed by atoms with Gasteiger partial charge in [-0.3, -0.25) is 0 Å². The molecule has 1 aliphatic heterocycles. The highest BCUT2D eigenvalue weighted by molar-refractivity contribution is 7.89. The van der Waals surface area contributed by atoms with E-state index in [0.717, 1.165) is 16.3 Å². The van der Waals surface area contributed by atoms with Gasteiger partial charge in [0.1, 0.15) is 5.75 Å². The van der Waals surface area contributed by atoms with Crippen LogP contribution in [0.1, 0.15) is 5.56 Å². The number of benzene rings is 3. The van der Waals surface area contributed by atoms with Crippen molar-refractivity contribution in [1.29, 1.82) is 0 Å². The summed E-state index contributed by atoms with van der Waals surface area (Å²) in [4.78, 5) is 0.416. The van der Waals surface area contributed by atoms with Crippen LogP contribution in [-0.4, -0.2) is 58.7 Å². The summed E-state index contributed by atoms with van der Waals surface area (Å²) in [7, 11) is -5.79. The van der Waals surface area contributed by atoms with E-state index in [1.807, 2.05) is 19.1 Å². The molecule has 0 N–H and O–H groups in total. The first-order chi connectivity index (χ1) is 14.7. The molecule has 0 atom stereocenters. The number of fused-ring (bicyclic) bond motifs is 1. The Bertz CT molecular complexity index is 1310. The second kappa shape index (κ2) is 8.23. The number of nitrogens with zero attached hydrogens (tertiary/aromatic N) is 2. The van der Waals surface area contributed by atoms with Crippen LogP contribution in [0.3, 0.4) is 0 Å². The van der Waals surface area contributed by atoms with Crippen molar-refractivity contribution in [3.63, 3.8) is 0 Å². The minimum Gasteiger partial charge on any atom is -0.497 e. The third kappa shape index (κ3) is 4.18. The summed E-state index contributed by atoms with van der Waals surface area (Å²) in [5.74, 6) is 0.703. The molecule has 3 aromatic carbocycles. The summed E-state index contributed by atoms with van der Waals surface area (Å²) in [5.41, 5.74) is 0.976. The van der Waals surface area contributed by atoms with Crippen molar-refractivity contribution < 1.29 is 21.6 Å². The monoisotopic (exact) mass is 460 g/mol. The van der Waals surface area contributed by atoms with Gasteiger partial charge in [0.2, 0.25) is 20.0 Å². The van der Waals surface area contributed by atoms with Crippen LogP contribution in [0, 0.1) is 6.92 Å². The van der Waals surface area contributed by atoms with E-state index in [9.17, 15) is 16.8 Å². The number of hydrogen-bond acceptors (Lipinski definition) is 5. The lowest BCUT2D eigenvalue weighted by atomic mass is 10.1. The fourth-order valence-electron chi connectivity index (χ4n) is 3.65. The molecular weight excluding hydrogens is 436 g/mol. The van der Waals surface area contributed by atoms with Crippen LogP contribution >= 0.6 is 0 Å². The highest BCUT2D eigenvalue weighted by Gasteiger charge is 2.33. The Balaban J connectivity index is 1.52. The van der Waals surface area contributed by atoms with Gasteiger partial charge in [-0.1, -0.05) is 29.8 Å². The minimum absolute atomic E-state index is 0.105. The maximum absolute atomic E-state index is 13.2. The Labute approximate surface area is 183 Å². The van der Waals surface area contributed by atoms with Crippen LogP contribution in [0.15, 0.2) is 70.5 Å². The second-order valence-corrected chi connectivity index (χ2v) is 11.4. The zero-order chi connectivity index (χ0) is 22.2. The summed E-state index contributed by atoms with van der Waals surface area (Å²) in [6, 6.07) is 17.1. The Morgan fingerprint density at radius 3 is 1.74 bits per heavy atom. The molecule has 0 bridgehead atoms. The van der Waals surface area contributed by atoms with E-state index in [2.05, 4.69) is 0 Å². The van der Waals surface area contributed by atoms with Gasteiger partial charge in [0.25, 0.3) is 0 Å². The van der Waals surface area contributed by atoms with Crippen molar-refractivity contribution in [2.24, 2.45) is 0 Å². The van der Waals surface area contributed by atoms with Crippen molar-refractivity contribution in [3.8, 4) is 5.75 Å². The first kappa shape index (κ1) is 21.8. The van der Waals surface area contributed by atoms with Crippen molar-refractivity contribution >= 4 is 30.8 Å². The van der Waals surface area contributed by atoms with Gasteiger partial charge in [-0.05, 0) is 54.1 Å². The number of sulfonamides is 2. The summed E-state index contributed by atoms with van der Waals surface area (Å²) >= 11 is 0. The van der Waals surface area contributed by atoms with E-state index in [1.54, 1.807) is 55.6 Å². The minimum atomic E-state index is -3.73. The summed E-state index contributed by atoms with van der Waals surface area (Å²) in [5, 5.41) is 1.68. The predicted octanol–water partition coefficient (Wildman–Crippen LogP) is 2.85. The molecule has 1 fully saturated rings. The number of methoxy groups -OCH3 is 1. The molecule has 4 rings (SSSR count). The van der Waals surface area contributed by atoms with Crippen LogP contribution in [0.5, 0.6) is 5.75 Å². The van der Waals surface area contributed by atoms with Crippen LogP contribution in [0.25, 0.3) is 10.8 Å². The van der Waals surface area contributed by atoms with Crippen LogP contribution in [0.2, 0.25) is 0 Å². The molecule has 0 unspecified atom stereocenters. The molecule has 3 aromatic rings. The quantitative estimate of drug-likeness (QED) is 0.585. The molecule has 0 radical (unpaired) electrons. The van der Waals surface area contributed by atoms with Gasteiger partial charge >= 0.3 is 0 Å². The number of aryl methyl sites for hydroxylation is 1. The molecule has 0 aromatic heterocycles. The van der Waals surface area contributed by atoms with Gasteiger partial charge in [0.05, 0.1) is 16.9 Å². The van der Waals surface area contributed by atoms with Gasteiger partial charge < -0.3 is 4.74 Å². The zero-order valence-electron chi connectivity index (χ0n) is 17.4. The average molecular weight is 461 g/mol. The van der Waals surface area contributed by atoms with Crippen molar-refractivity contribution in [2.45, 2.75) is 16.7 Å². The highest BCUT2D eigenvalue weighted by atomic mass is 32.2. The fourth-order valence-corrected chi connectivity index (χ4v) is 6.53. The van der Waals surface area contributed by atoms with E-state index >= 15 is 0 Å². The lowest BCUT2D eigenvalue weighted by Crippen LogP contribution is -2.50. The summed E-state index contributed by atoms with van der Waals surface area (Å²) < 4.78 is 59.9. The third-order valence-electron chi connectivity index (χ3n) is 5.51. The maximum atomic E-state index is 13.2. The van der Waals surface area contributed by atoms with E-state index < -0.39 is 20.0 Å². The van der Waals surface area contributed by atoms with Gasteiger partial charge in [-0.25, -0.2) is 16.8 Å². The molecule has 1 saturated heterocycles. The smallest absolute Gasteiger partial charge is 0.243 e. The molecule has 0 spiro atoms. The molecule has 9 heteroatoms. The largest absolute Gasteiger partial charge is 0.497 e. The zero-order valence-corrected chi connectivity index (χ0v) is 19.0. The molecule has 0 amide bonds. The topological polar surface area (TPSA) is 84.0 Å². The Kier molecular flexibility index (Phi) is 5.78. The van der Waals surface area contributed by atoms with Gasteiger partial charge in [-0.15, -0.1) is 0 Å². The van der Waals surface area contributed by atoms with E-state index in [1.165, 1.54) is 8.61 Å². The Hall–Kier alpha value is -2.46. The van der Waals surface area contributed by atoms with Crippen molar-refractivity contribution in [3.05, 3.63) is 66.2 Å². The maximum Gasteiger partial charge on any atom is 0.243 e. The predicted molar refractivity (Wildman–Crippen MR) is 119 cm³/mol. The summed E-state index contributed by atoms with van der Waals surface area (Å²) in [6.07, 6.45) is 0. The normalized spacial score (nSPS) is 16.5. The highest BCUT2D eigenvalue weighted by Crippen LogP contribution is 2.26. The number of rotatable bonds is 5. The Morgan fingerprint density at radius 1 is 0.677 bits per heavy atom. The first-order valence-corrected chi connectivity index (χ1v) is 12.7. The number of hydrogen-bond donors (Lipinski definition) is 0. The van der Waals surface area contributed by atoms with E-state index in [-0.39, 0.29) is 36.0 Å². The van der Waals surface area contributed by atoms with Crippen molar-refractivity contribution in [1.82, 2.24) is 8.61 Å². The second-order valence-electron chi connectivity index (χ2n) is 7.50. The molecule has 1 aliphatic rings. The van der Waals surface area contributed by atoms with Crippen LogP contribution in [-0.2, 0) is 20.0 Å². The van der Waals surface area contributed by atoms with Gasteiger partial charge in [0.15, 0.2) is 0 Å². The number of piperazine rings is 1. The first-order valence-electron chi connectivity index (χ1n) is 9.86. The van der Waals surface area contributed by atoms with Crippen molar-refractivity contribution in [2.75, 3.05) is 33.3 Å². The Morgan fingerprint density at radius 2 is 1.16 bits per heavy atom. The molecule has 0 saturated carbocycles. The average Bonchev–Trinajstić information content (AvgIpc) is 2.78. The lowest BCUT2D eigenvalue weighted by Gasteiger charge is -2.33. The van der Waals surface area contributed by atoms with E-state index in [0.29, 0.717) is 5.75 Å². The molecular formula is C22H24N2O5S2. The molecule has 31 heavy (non-hydrogen) atoms. The molecule has 164 valence electrons. The van der Waals surface area contributed by atoms with Gasteiger partial charge in [-0.2, -0.15) is 8.61 Å². The third-order valence-corrected chi connectivity index (χ3v) is 9.32. The standard InChI is InChI=1S/C22H24N2O5S2/c1-17-3-8-21(9-4-17)30(25,26)23-11-13-24(14-12-23)31(27,28)22-10-6-18-15-20(29-2)7-5-19(18)16-22/h3-10,15-16H,11-14H2,1-2H3. The molecule has 7 nitrogen and oxygen atoms in total. The van der Waals surface area contributed by atoms with Crippen LogP contribution in [0.4, 0.5) is 0 Å². The number of ether oxygens (including phenoxy) is 1. The fraction of sp³-hybridized carbons (Fsp3) is 0.273. The van der Waals surface area contributed by atoms with Crippen LogP contribution < -0.4 is 4.74 Å². The molecule has 1 heterocycles.